The Morgan fingerprint density at radius 2 is 1.67 bits per heavy atom. The summed E-state index contributed by atoms with van der Waals surface area (Å²) < 4.78 is 5.87. The highest BCUT2D eigenvalue weighted by Gasteiger charge is 2.11. The fraction of sp³-hybridized carbons (Fsp3) is 0.0800. The van der Waals surface area contributed by atoms with Crippen LogP contribution in [-0.4, -0.2) is 23.3 Å². The third-order valence-electron chi connectivity index (χ3n) is 4.66. The molecule has 148 valence electrons. The topological polar surface area (TPSA) is 68.3 Å². The van der Waals surface area contributed by atoms with Crippen LogP contribution in [0.15, 0.2) is 84.9 Å². The number of Topliss-reactive ketones (excluding diaryl/α,β-unsaturated/α-hetero) is 1. The lowest BCUT2D eigenvalue weighted by Crippen LogP contribution is -2.20. The molecule has 4 rings (SSSR count). The van der Waals surface area contributed by atoms with Gasteiger partial charge in [0.2, 0.25) is 0 Å². The number of para-hydroxylation sites is 1. The fourth-order valence-corrected chi connectivity index (χ4v) is 3.18. The number of ketones is 1. The van der Waals surface area contributed by atoms with Crippen molar-refractivity contribution in [3.8, 4) is 17.0 Å². The molecule has 0 unspecified atom stereocenters. The standard InChI is InChI=1S/C25H20N2O3/c1-17(28)19-10-7-11-20(14-19)26-25(29)16-30-24-15-23(18-8-3-2-4-9-18)27-22-13-6-5-12-21(22)24/h2-15H,16H2,1H3,(H,26,29). The minimum atomic E-state index is -0.308. The highest BCUT2D eigenvalue weighted by atomic mass is 16.5. The smallest absolute Gasteiger partial charge is 0.262 e. The monoisotopic (exact) mass is 396 g/mol. The summed E-state index contributed by atoms with van der Waals surface area (Å²) >= 11 is 0. The summed E-state index contributed by atoms with van der Waals surface area (Å²) in [5, 5.41) is 3.61. The number of ether oxygens (including phenoxy) is 1. The Balaban J connectivity index is 1.55. The second kappa shape index (κ2) is 8.57. The number of hydrogen-bond acceptors (Lipinski definition) is 4. The quantitative estimate of drug-likeness (QED) is 0.459. The van der Waals surface area contributed by atoms with Gasteiger partial charge in [0.1, 0.15) is 5.75 Å². The number of nitrogens with zero attached hydrogens (tertiary/aromatic N) is 1. The lowest BCUT2D eigenvalue weighted by molar-refractivity contribution is -0.118. The van der Waals surface area contributed by atoms with Gasteiger partial charge < -0.3 is 10.1 Å². The lowest BCUT2D eigenvalue weighted by Gasteiger charge is -2.12. The first-order chi connectivity index (χ1) is 14.6. The van der Waals surface area contributed by atoms with Crippen LogP contribution in [0.1, 0.15) is 17.3 Å². The third kappa shape index (κ3) is 4.36. The van der Waals surface area contributed by atoms with Crippen molar-refractivity contribution in [3.05, 3.63) is 90.5 Å². The first kappa shape index (κ1) is 19.3. The first-order valence-electron chi connectivity index (χ1n) is 9.59. The van der Waals surface area contributed by atoms with E-state index >= 15 is 0 Å². The molecule has 0 aliphatic rings. The number of amides is 1. The number of aromatic nitrogens is 1. The van der Waals surface area contributed by atoms with Crippen LogP contribution in [0.2, 0.25) is 0 Å². The second-order valence-electron chi connectivity index (χ2n) is 6.86. The molecule has 1 aromatic heterocycles. The Morgan fingerprint density at radius 3 is 2.47 bits per heavy atom. The van der Waals surface area contributed by atoms with Crippen LogP contribution in [-0.2, 0) is 4.79 Å². The zero-order valence-electron chi connectivity index (χ0n) is 16.5. The number of carbonyl (C=O) groups is 2. The van der Waals surface area contributed by atoms with Gasteiger partial charge in [-0.2, -0.15) is 0 Å². The number of pyridine rings is 1. The van der Waals surface area contributed by atoms with Crippen molar-refractivity contribution in [2.45, 2.75) is 6.92 Å². The zero-order valence-corrected chi connectivity index (χ0v) is 16.5. The summed E-state index contributed by atoms with van der Waals surface area (Å²) in [7, 11) is 0. The molecule has 0 radical (unpaired) electrons. The summed E-state index contributed by atoms with van der Waals surface area (Å²) in [6.45, 7) is 1.33. The van der Waals surface area contributed by atoms with Crippen molar-refractivity contribution >= 4 is 28.3 Å². The summed E-state index contributed by atoms with van der Waals surface area (Å²) in [6, 6.07) is 26.2. The molecule has 4 aromatic rings. The number of nitrogens with one attached hydrogen (secondary N) is 1. The van der Waals surface area contributed by atoms with Crippen LogP contribution in [0.5, 0.6) is 5.75 Å². The predicted molar refractivity (Wildman–Crippen MR) is 118 cm³/mol. The molecular formula is C25H20N2O3. The molecule has 0 atom stereocenters. The van der Waals surface area contributed by atoms with Crippen LogP contribution >= 0.6 is 0 Å². The van der Waals surface area contributed by atoms with Gasteiger partial charge >= 0.3 is 0 Å². The van der Waals surface area contributed by atoms with E-state index in [0.717, 1.165) is 22.2 Å². The minimum Gasteiger partial charge on any atom is -0.483 e. The van der Waals surface area contributed by atoms with Gasteiger partial charge in [0.15, 0.2) is 12.4 Å². The van der Waals surface area contributed by atoms with E-state index < -0.39 is 0 Å². The lowest BCUT2D eigenvalue weighted by atomic mass is 10.1. The SMILES string of the molecule is CC(=O)c1cccc(NC(=O)COc2cc(-c3ccccc3)nc3ccccc23)c1. The molecule has 0 fully saturated rings. The Morgan fingerprint density at radius 1 is 0.900 bits per heavy atom. The Labute approximate surface area is 174 Å². The number of carbonyl (C=O) groups excluding carboxylic acids is 2. The second-order valence-corrected chi connectivity index (χ2v) is 6.86. The molecule has 30 heavy (non-hydrogen) atoms. The van der Waals surface area contributed by atoms with Gasteiger partial charge in [-0.15, -0.1) is 0 Å². The molecule has 1 N–H and O–H groups in total. The van der Waals surface area contributed by atoms with E-state index in [2.05, 4.69) is 5.32 Å². The van der Waals surface area contributed by atoms with E-state index in [-0.39, 0.29) is 18.3 Å². The van der Waals surface area contributed by atoms with Gasteiger partial charge in [-0.25, -0.2) is 4.98 Å². The van der Waals surface area contributed by atoms with Crippen LogP contribution in [0.3, 0.4) is 0 Å². The average molecular weight is 396 g/mol. The van der Waals surface area contributed by atoms with Crippen LogP contribution in [0.25, 0.3) is 22.2 Å². The Kier molecular flexibility index (Phi) is 5.52. The molecule has 3 aromatic carbocycles. The van der Waals surface area contributed by atoms with Crippen molar-refractivity contribution in [1.29, 1.82) is 0 Å². The molecule has 1 amide bonds. The Bertz CT molecular complexity index is 1220. The summed E-state index contributed by atoms with van der Waals surface area (Å²) in [6.07, 6.45) is 0. The van der Waals surface area contributed by atoms with E-state index in [1.165, 1.54) is 6.92 Å². The molecule has 0 spiro atoms. The van der Waals surface area contributed by atoms with Crippen molar-refractivity contribution < 1.29 is 14.3 Å². The van der Waals surface area contributed by atoms with Crippen molar-refractivity contribution in [3.63, 3.8) is 0 Å². The highest BCUT2D eigenvalue weighted by Crippen LogP contribution is 2.30. The van der Waals surface area contributed by atoms with Crippen LogP contribution in [0, 0.1) is 0 Å². The number of fused-ring (bicyclic) bond motifs is 1. The predicted octanol–water partition coefficient (Wildman–Crippen LogP) is 5.12. The van der Waals surface area contributed by atoms with Crippen LogP contribution < -0.4 is 10.1 Å². The van der Waals surface area contributed by atoms with Gasteiger partial charge in [0.25, 0.3) is 5.91 Å². The third-order valence-corrected chi connectivity index (χ3v) is 4.66. The van der Waals surface area contributed by atoms with Crippen molar-refractivity contribution in [2.24, 2.45) is 0 Å². The normalized spacial score (nSPS) is 10.6. The molecule has 0 aliphatic heterocycles. The van der Waals surface area contributed by atoms with E-state index in [1.54, 1.807) is 24.3 Å². The molecule has 5 heteroatoms. The van der Waals surface area contributed by atoms with E-state index in [0.29, 0.717) is 17.0 Å². The van der Waals surface area contributed by atoms with E-state index in [1.807, 2.05) is 60.7 Å². The molecule has 1 heterocycles. The highest BCUT2D eigenvalue weighted by molar-refractivity contribution is 5.97. The summed E-state index contributed by atoms with van der Waals surface area (Å²) in [5.74, 6) is 0.226. The van der Waals surface area contributed by atoms with Gasteiger partial charge in [0.05, 0.1) is 11.2 Å². The van der Waals surface area contributed by atoms with Gasteiger partial charge in [-0.05, 0) is 31.2 Å². The number of benzene rings is 3. The van der Waals surface area contributed by atoms with E-state index in [9.17, 15) is 9.59 Å². The number of hydrogen-bond donors (Lipinski definition) is 1. The van der Waals surface area contributed by atoms with E-state index in [4.69, 9.17) is 9.72 Å². The van der Waals surface area contributed by atoms with Gasteiger partial charge in [-0.1, -0.05) is 54.6 Å². The van der Waals surface area contributed by atoms with Gasteiger partial charge in [0, 0.05) is 28.3 Å². The number of anilines is 1. The molecule has 0 saturated carbocycles. The van der Waals surface area contributed by atoms with Crippen molar-refractivity contribution in [1.82, 2.24) is 4.98 Å². The molecule has 0 bridgehead atoms. The molecular weight excluding hydrogens is 376 g/mol. The molecule has 5 nitrogen and oxygen atoms in total. The van der Waals surface area contributed by atoms with Crippen molar-refractivity contribution in [2.75, 3.05) is 11.9 Å². The first-order valence-corrected chi connectivity index (χ1v) is 9.59. The maximum absolute atomic E-state index is 12.4. The number of rotatable bonds is 6. The van der Waals surface area contributed by atoms with Gasteiger partial charge in [-0.3, -0.25) is 9.59 Å². The summed E-state index contributed by atoms with van der Waals surface area (Å²) in [5.41, 5.74) is 3.64. The minimum absolute atomic E-state index is 0.0564. The fourth-order valence-electron chi connectivity index (χ4n) is 3.18. The molecule has 0 aliphatic carbocycles. The maximum atomic E-state index is 12.4. The summed E-state index contributed by atoms with van der Waals surface area (Å²) in [4.78, 5) is 28.7. The zero-order chi connectivity index (χ0) is 20.9. The average Bonchev–Trinajstić information content (AvgIpc) is 2.78. The Hall–Kier alpha value is -3.99. The maximum Gasteiger partial charge on any atom is 0.262 e. The largest absolute Gasteiger partial charge is 0.483 e. The molecule has 0 saturated heterocycles. The van der Waals surface area contributed by atoms with Crippen LogP contribution in [0.4, 0.5) is 5.69 Å².